The normalized spacial score (nSPS) is 25.6. The van der Waals surface area contributed by atoms with Crippen LogP contribution >= 0.6 is 0 Å². The fourth-order valence-corrected chi connectivity index (χ4v) is 3.12. The fourth-order valence-electron chi connectivity index (χ4n) is 3.12. The second-order valence-corrected chi connectivity index (χ2v) is 6.97. The molecule has 2 atom stereocenters. The van der Waals surface area contributed by atoms with Gasteiger partial charge in [-0.25, -0.2) is 0 Å². The molecule has 2 rings (SSSR count). The maximum atomic E-state index is 10.2. The molecular weight excluding hydrogens is 250 g/mol. The predicted molar refractivity (Wildman–Crippen MR) is 81.8 cm³/mol. The monoisotopic (exact) mass is 277 g/mol. The highest BCUT2D eigenvalue weighted by Crippen LogP contribution is 2.37. The summed E-state index contributed by atoms with van der Waals surface area (Å²) in [7, 11) is 0. The Balaban J connectivity index is 1.83. The number of rotatable bonds is 5. The van der Waals surface area contributed by atoms with E-state index in [1.54, 1.807) is 0 Å². The predicted octanol–water partition coefficient (Wildman–Crippen LogP) is 2.53. The van der Waals surface area contributed by atoms with Crippen molar-refractivity contribution in [3.8, 4) is 0 Å². The van der Waals surface area contributed by atoms with Crippen LogP contribution in [-0.4, -0.2) is 35.0 Å². The van der Waals surface area contributed by atoms with E-state index in [1.165, 1.54) is 5.56 Å². The Kier molecular flexibility index (Phi) is 4.52. The molecule has 3 nitrogen and oxygen atoms in total. The summed E-state index contributed by atoms with van der Waals surface area (Å²) >= 11 is 0. The summed E-state index contributed by atoms with van der Waals surface area (Å²) in [5.74, 6) is 0. The molecule has 2 unspecified atom stereocenters. The minimum absolute atomic E-state index is 0.0917. The van der Waals surface area contributed by atoms with E-state index >= 15 is 0 Å². The molecule has 1 heterocycles. The lowest BCUT2D eigenvalue weighted by Crippen LogP contribution is -2.46. The maximum absolute atomic E-state index is 10.2. The summed E-state index contributed by atoms with van der Waals surface area (Å²) in [6.07, 6.45) is 1.29. The zero-order valence-electron chi connectivity index (χ0n) is 13.0. The van der Waals surface area contributed by atoms with Crippen molar-refractivity contribution >= 4 is 0 Å². The Bertz CT molecular complexity index is 428. The van der Waals surface area contributed by atoms with Crippen molar-refractivity contribution in [3.05, 3.63) is 35.9 Å². The van der Waals surface area contributed by atoms with Gasteiger partial charge in [0.25, 0.3) is 0 Å². The Labute approximate surface area is 122 Å². The first-order valence-electron chi connectivity index (χ1n) is 7.44. The standard InChI is InChI=1S/C17H27NO2/c1-16(2)11-15(17(3,4)20-16)18-12-14(19)10-13-8-6-5-7-9-13/h5-9,14-15,18-19H,10-12H2,1-4H3. The van der Waals surface area contributed by atoms with Crippen LogP contribution in [0.2, 0.25) is 0 Å². The average molecular weight is 277 g/mol. The maximum Gasteiger partial charge on any atom is 0.0787 e. The van der Waals surface area contributed by atoms with E-state index in [-0.39, 0.29) is 23.3 Å². The number of ether oxygens (including phenoxy) is 1. The van der Waals surface area contributed by atoms with Gasteiger partial charge in [0.05, 0.1) is 17.3 Å². The largest absolute Gasteiger partial charge is 0.391 e. The first-order chi connectivity index (χ1) is 9.28. The van der Waals surface area contributed by atoms with Gasteiger partial charge in [0.15, 0.2) is 0 Å². The molecule has 0 spiro atoms. The first kappa shape index (κ1) is 15.5. The molecule has 1 fully saturated rings. The van der Waals surface area contributed by atoms with Gasteiger partial charge in [-0.15, -0.1) is 0 Å². The molecule has 0 amide bonds. The summed E-state index contributed by atoms with van der Waals surface area (Å²) < 4.78 is 6.06. The van der Waals surface area contributed by atoms with Gasteiger partial charge in [-0.2, -0.15) is 0 Å². The minimum Gasteiger partial charge on any atom is -0.391 e. The van der Waals surface area contributed by atoms with E-state index < -0.39 is 0 Å². The van der Waals surface area contributed by atoms with Gasteiger partial charge in [-0.3, -0.25) is 0 Å². The highest BCUT2D eigenvalue weighted by molar-refractivity contribution is 5.15. The molecule has 1 saturated heterocycles. The quantitative estimate of drug-likeness (QED) is 0.869. The third-order valence-electron chi connectivity index (χ3n) is 3.99. The zero-order chi connectivity index (χ0) is 14.8. The van der Waals surface area contributed by atoms with Gasteiger partial charge in [-0.05, 0) is 46.1 Å². The lowest BCUT2D eigenvalue weighted by atomic mass is 9.94. The molecule has 1 aliphatic rings. The molecule has 2 N–H and O–H groups in total. The zero-order valence-corrected chi connectivity index (χ0v) is 13.0. The molecule has 0 radical (unpaired) electrons. The van der Waals surface area contributed by atoms with Crippen LogP contribution in [0.4, 0.5) is 0 Å². The van der Waals surface area contributed by atoms with E-state index in [0.717, 1.165) is 6.42 Å². The third-order valence-corrected chi connectivity index (χ3v) is 3.99. The van der Waals surface area contributed by atoms with Crippen LogP contribution < -0.4 is 5.32 Å². The second-order valence-electron chi connectivity index (χ2n) is 6.97. The van der Waals surface area contributed by atoms with Gasteiger partial charge in [0.2, 0.25) is 0 Å². The smallest absolute Gasteiger partial charge is 0.0787 e. The Hall–Kier alpha value is -0.900. The molecule has 0 aromatic heterocycles. The van der Waals surface area contributed by atoms with E-state index in [0.29, 0.717) is 13.0 Å². The van der Waals surface area contributed by atoms with Crippen LogP contribution in [0.3, 0.4) is 0 Å². The topological polar surface area (TPSA) is 41.5 Å². The molecular formula is C17H27NO2. The molecule has 20 heavy (non-hydrogen) atoms. The third kappa shape index (κ3) is 4.05. The number of benzene rings is 1. The lowest BCUT2D eigenvalue weighted by molar-refractivity contribution is -0.0702. The van der Waals surface area contributed by atoms with Crippen molar-refractivity contribution in [2.75, 3.05) is 6.54 Å². The summed E-state index contributed by atoms with van der Waals surface area (Å²) in [6.45, 7) is 9.07. The van der Waals surface area contributed by atoms with Gasteiger partial charge in [0.1, 0.15) is 0 Å². The minimum atomic E-state index is -0.364. The molecule has 112 valence electrons. The van der Waals surface area contributed by atoms with Gasteiger partial charge in [0, 0.05) is 12.6 Å². The average Bonchev–Trinajstić information content (AvgIpc) is 2.55. The lowest BCUT2D eigenvalue weighted by Gasteiger charge is -2.28. The Morgan fingerprint density at radius 1 is 1.25 bits per heavy atom. The van der Waals surface area contributed by atoms with Crippen LogP contribution in [0.1, 0.15) is 39.7 Å². The van der Waals surface area contributed by atoms with Crippen molar-refractivity contribution in [1.29, 1.82) is 0 Å². The van der Waals surface area contributed by atoms with Crippen molar-refractivity contribution in [3.63, 3.8) is 0 Å². The van der Waals surface area contributed by atoms with Crippen LogP contribution in [0, 0.1) is 0 Å². The molecule has 0 bridgehead atoms. The van der Waals surface area contributed by atoms with Crippen LogP contribution in [0.5, 0.6) is 0 Å². The summed E-state index contributed by atoms with van der Waals surface area (Å²) in [5.41, 5.74) is 0.894. The van der Waals surface area contributed by atoms with Gasteiger partial charge < -0.3 is 15.2 Å². The molecule has 0 aliphatic carbocycles. The van der Waals surface area contributed by atoms with Crippen molar-refractivity contribution in [1.82, 2.24) is 5.32 Å². The molecule has 0 saturated carbocycles. The second kappa shape index (κ2) is 5.84. The fraction of sp³-hybridized carbons (Fsp3) is 0.647. The van der Waals surface area contributed by atoms with E-state index in [2.05, 4.69) is 45.1 Å². The van der Waals surface area contributed by atoms with Crippen LogP contribution in [0.15, 0.2) is 30.3 Å². The summed E-state index contributed by atoms with van der Waals surface area (Å²) in [5, 5.41) is 13.6. The number of nitrogens with one attached hydrogen (secondary N) is 1. The van der Waals surface area contributed by atoms with Crippen molar-refractivity contribution in [2.45, 2.75) is 63.9 Å². The Morgan fingerprint density at radius 3 is 2.45 bits per heavy atom. The van der Waals surface area contributed by atoms with E-state index in [9.17, 15) is 5.11 Å². The SMILES string of the molecule is CC1(C)CC(NCC(O)Cc2ccccc2)C(C)(C)O1. The Morgan fingerprint density at radius 2 is 1.90 bits per heavy atom. The van der Waals surface area contributed by atoms with Gasteiger partial charge in [-0.1, -0.05) is 30.3 Å². The number of hydrogen-bond acceptors (Lipinski definition) is 3. The number of aliphatic hydroxyl groups excluding tert-OH is 1. The van der Waals surface area contributed by atoms with Crippen LogP contribution in [0.25, 0.3) is 0 Å². The summed E-state index contributed by atoms with van der Waals surface area (Å²) in [6, 6.07) is 10.4. The van der Waals surface area contributed by atoms with E-state index in [1.807, 2.05) is 18.2 Å². The number of aliphatic hydroxyl groups is 1. The molecule has 1 aromatic rings. The van der Waals surface area contributed by atoms with Crippen molar-refractivity contribution in [2.24, 2.45) is 0 Å². The highest BCUT2D eigenvalue weighted by atomic mass is 16.5. The van der Waals surface area contributed by atoms with Gasteiger partial charge >= 0.3 is 0 Å². The number of hydrogen-bond donors (Lipinski definition) is 2. The highest BCUT2D eigenvalue weighted by Gasteiger charge is 2.45. The first-order valence-corrected chi connectivity index (χ1v) is 7.44. The summed E-state index contributed by atoms with van der Waals surface area (Å²) in [4.78, 5) is 0. The van der Waals surface area contributed by atoms with Crippen LogP contribution in [-0.2, 0) is 11.2 Å². The molecule has 3 heteroatoms. The molecule has 1 aromatic carbocycles. The molecule has 1 aliphatic heterocycles. The van der Waals surface area contributed by atoms with E-state index in [4.69, 9.17) is 4.74 Å². The van der Waals surface area contributed by atoms with Crippen molar-refractivity contribution < 1.29 is 9.84 Å².